The number of pyridine rings is 1. The van der Waals surface area contributed by atoms with Crippen LogP contribution in [0.5, 0.6) is 11.6 Å². The monoisotopic (exact) mass is 295 g/mol. The second-order valence-electron chi connectivity index (χ2n) is 3.19. The smallest absolute Gasteiger partial charge is 0.229 e. The van der Waals surface area contributed by atoms with Gasteiger partial charge in [0.05, 0.1) is 10.0 Å². The Morgan fingerprint density at radius 3 is 2.88 bits per heavy atom. The summed E-state index contributed by atoms with van der Waals surface area (Å²) in [4.78, 5) is 14.6. The van der Waals surface area contributed by atoms with Crippen molar-refractivity contribution in [1.29, 1.82) is 0 Å². The normalized spacial score (nSPS) is 10.0. The van der Waals surface area contributed by atoms with Crippen molar-refractivity contribution in [3.05, 3.63) is 52.4 Å². The van der Waals surface area contributed by atoms with E-state index in [9.17, 15) is 9.18 Å². The maximum absolute atomic E-state index is 13.2. The first-order valence-corrected chi connectivity index (χ1v) is 5.53. The molecule has 0 bridgehead atoms. The standard InChI is InChI=1S/C12H7BrFNO2/c13-10-4-3-9(6-11(10)14)17-12-8(7-16)2-1-5-15-12/h1-7H. The molecule has 3 nitrogen and oxygen atoms in total. The number of rotatable bonds is 3. The zero-order chi connectivity index (χ0) is 12.3. The molecule has 0 amide bonds. The summed E-state index contributed by atoms with van der Waals surface area (Å²) in [5, 5.41) is 0. The fourth-order valence-electron chi connectivity index (χ4n) is 1.23. The zero-order valence-electron chi connectivity index (χ0n) is 8.56. The predicted octanol–water partition coefficient (Wildman–Crippen LogP) is 3.59. The molecule has 5 heteroatoms. The van der Waals surface area contributed by atoms with Gasteiger partial charge in [0.1, 0.15) is 11.6 Å². The highest BCUT2D eigenvalue weighted by Crippen LogP contribution is 2.25. The molecule has 0 aliphatic heterocycles. The average Bonchev–Trinajstić information content (AvgIpc) is 2.34. The van der Waals surface area contributed by atoms with Gasteiger partial charge in [-0.15, -0.1) is 0 Å². The number of hydrogen-bond acceptors (Lipinski definition) is 3. The number of carbonyl (C=O) groups excluding carboxylic acids is 1. The van der Waals surface area contributed by atoms with E-state index >= 15 is 0 Å². The van der Waals surface area contributed by atoms with E-state index in [1.807, 2.05) is 0 Å². The Balaban J connectivity index is 2.31. The van der Waals surface area contributed by atoms with Crippen LogP contribution in [-0.2, 0) is 0 Å². The summed E-state index contributed by atoms with van der Waals surface area (Å²) in [6, 6.07) is 7.52. The van der Waals surface area contributed by atoms with Gasteiger partial charge in [-0.05, 0) is 40.2 Å². The number of nitrogens with zero attached hydrogens (tertiary/aromatic N) is 1. The lowest BCUT2D eigenvalue weighted by molar-refractivity contribution is 0.112. The van der Waals surface area contributed by atoms with Crippen LogP contribution in [-0.4, -0.2) is 11.3 Å². The molecule has 1 aromatic heterocycles. The van der Waals surface area contributed by atoms with Crippen molar-refractivity contribution in [2.75, 3.05) is 0 Å². The van der Waals surface area contributed by atoms with Crippen LogP contribution in [0.25, 0.3) is 0 Å². The maximum Gasteiger partial charge on any atom is 0.229 e. The largest absolute Gasteiger partial charge is 0.438 e. The van der Waals surface area contributed by atoms with E-state index in [4.69, 9.17) is 4.74 Å². The van der Waals surface area contributed by atoms with Crippen LogP contribution in [0.1, 0.15) is 10.4 Å². The van der Waals surface area contributed by atoms with Gasteiger partial charge in [-0.3, -0.25) is 4.79 Å². The molecule has 2 aromatic rings. The topological polar surface area (TPSA) is 39.2 Å². The summed E-state index contributed by atoms with van der Waals surface area (Å²) < 4.78 is 18.9. The van der Waals surface area contributed by atoms with Gasteiger partial charge in [0.2, 0.25) is 5.88 Å². The van der Waals surface area contributed by atoms with Gasteiger partial charge in [0.15, 0.2) is 6.29 Å². The molecule has 0 radical (unpaired) electrons. The molecule has 0 atom stereocenters. The fourth-order valence-corrected chi connectivity index (χ4v) is 1.48. The van der Waals surface area contributed by atoms with Crippen LogP contribution in [0.2, 0.25) is 0 Å². The number of carbonyl (C=O) groups is 1. The lowest BCUT2D eigenvalue weighted by atomic mass is 10.3. The molecule has 2 rings (SSSR count). The number of aldehydes is 1. The van der Waals surface area contributed by atoms with Gasteiger partial charge < -0.3 is 4.74 Å². The Morgan fingerprint density at radius 1 is 1.35 bits per heavy atom. The molecule has 0 saturated heterocycles. The molecular formula is C12H7BrFNO2. The lowest BCUT2D eigenvalue weighted by Gasteiger charge is -2.06. The van der Waals surface area contributed by atoms with Crippen LogP contribution >= 0.6 is 15.9 Å². The molecule has 1 heterocycles. The summed E-state index contributed by atoms with van der Waals surface area (Å²) in [6.07, 6.45) is 2.13. The van der Waals surface area contributed by atoms with Crippen LogP contribution < -0.4 is 4.74 Å². The minimum absolute atomic E-state index is 0.157. The molecule has 0 spiro atoms. The van der Waals surface area contributed by atoms with Gasteiger partial charge in [0, 0.05) is 12.3 Å². The van der Waals surface area contributed by atoms with Crippen molar-refractivity contribution in [3.8, 4) is 11.6 Å². The number of ether oxygens (including phenoxy) is 1. The summed E-state index contributed by atoms with van der Waals surface area (Å²) >= 11 is 3.04. The van der Waals surface area contributed by atoms with E-state index in [2.05, 4.69) is 20.9 Å². The van der Waals surface area contributed by atoms with Gasteiger partial charge >= 0.3 is 0 Å². The summed E-state index contributed by atoms with van der Waals surface area (Å²) in [6.45, 7) is 0. The second kappa shape index (κ2) is 5.05. The van der Waals surface area contributed by atoms with Crippen LogP contribution in [0, 0.1) is 5.82 Å². The number of aromatic nitrogens is 1. The Kier molecular flexibility index (Phi) is 3.49. The fraction of sp³-hybridized carbons (Fsp3) is 0. The zero-order valence-corrected chi connectivity index (χ0v) is 10.1. The summed E-state index contributed by atoms with van der Waals surface area (Å²) in [7, 11) is 0. The van der Waals surface area contributed by atoms with Crippen LogP contribution in [0.15, 0.2) is 41.0 Å². The van der Waals surface area contributed by atoms with Crippen molar-refractivity contribution >= 4 is 22.2 Å². The van der Waals surface area contributed by atoms with E-state index in [1.54, 1.807) is 18.2 Å². The first-order valence-electron chi connectivity index (χ1n) is 4.74. The summed E-state index contributed by atoms with van der Waals surface area (Å²) in [5.41, 5.74) is 0.316. The average molecular weight is 296 g/mol. The van der Waals surface area contributed by atoms with E-state index in [-0.39, 0.29) is 11.6 Å². The number of hydrogen-bond donors (Lipinski definition) is 0. The van der Waals surface area contributed by atoms with E-state index in [0.29, 0.717) is 16.3 Å². The SMILES string of the molecule is O=Cc1cccnc1Oc1ccc(Br)c(F)c1. The van der Waals surface area contributed by atoms with Gasteiger partial charge in [0.25, 0.3) is 0 Å². The molecule has 86 valence electrons. The van der Waals surface area contributed by atoms with Crippen molar-refractivity contribution in [1.82, 2.24) is 4.98 Å². The van der Waals surface area contributed by atoms with Crippen LogP contribution in [0.3, 0.4) is 0 Å². The van der Waals surface area contributed by atoms with Crippen molar-refractivity contribution in [2.45, 2.75) is 0 Å². The van der Waals surface area contributed by atoms with Crippen molar-refractivity contribution in [2.24, 2.45) is 0 Å². The highest BCUT2D eigenvalue weighted by atomic mass is 79.9. The molecule has 0 saturated carbocycles. The van der Waals surface area contributed by atoms with Gasteiger partial charge in [-0.25, -0.2) is 9.37 Å². The first-order chi connectivity index (χ1) is 8.20. The van der Waals surface area contributed by atoms with Crippen LogP contribution in [0.4, 0.5) is 4.39 Å². The quantitative estimate of drug-likeness (QED) is 0.813. The number of benzene rings is 1. The molecule has 0 N–H and O–H groups in total. The maximum atomic E-state index is 13.2. The second-order valence-corrected chi connectivity index (χ2v) is 4.05. The van der Waals surface area contributed by atoms with E-state index in [0.717, 1.165) is 0 Å². The first kappa shape index (κ1) is 11.7. The highest BCUT2D eigenvalue weighted by molar-refractivity contribution is 9.10. The van der Waals surface area contributed by atoms with Crippen molar-refractivity contribution < 1.29 is 13.9 Å². The summed E-state index contributed by atoms with van der Waals surface area (Å²) in [5.74, 6) is 0.00260. The third-order valence-corrected chi connectivity index (χ3v) is 2.68. The Bertz CT molecular complexity index is 560. The molecule has 0 aliphatic rings. The third-order valence-electron chi connectivity index (χ3n) is 2.03. The highest BCUT2D eigenvalue weighted by Gasteiger charge is 2.07. The van der Waals surface area contributed by atoms with E-state index in [1.165, 1.54) is 18.3 Å². The van der Waals surface area contributed by atoms with Gasteiger partial charge in [-0.2, -0.15) is 0 Å². The Morgan fingerprint density at radius 2 is 2.18 bits per heavy atom. The minimum Gasteiger partial charge on any atom is -0.438 e. The lowest BCUT2D eigenvalue weighted by Crippen LogP contribution is -1.93. The predicted molar refractivity (Wildman–Crippen MR) is 63.8 cm³/mol. The molecular weight excluding hydrogens is 289 g/mol. The minimum atomic E-state index is -0.439. The van der Waals surface area contributed by atoms with Gasteiger partial charge in [-0.1, -0.05) is 0 Å². The van der Waals surface area contributed by atoms with Crippen molar-refractivity contribution in [3.63, 3.8) is 0 Å². The molecule has 17 heavy (non-hydrogen) atoms. The number of halogens is 2. The molecule has 0 fully saturated rings. The molecule has 0 unspecified atom stereocenters. The molecule has 0 aliphatic carbocycles. The molecule has 1 aromatic carbocycles. The Labute approximate surface area is 105 Å². The third kappa shape index (κ3) is 2.68. The van der Waals surface area contributed by atoms with E-state index < -0.39 is 5.82 Å². The Hall–Kier alpha value is -1.75.